The minimum absolute atomic E-state index is 0.109. The molecule has 2 aromatic rings. The molecule has 0 aliphatic carbocycles. The predicted octanol–water partition coefficient (Wildman–Crippen LogP) is 3.32. The van der Waals surface area contributed by atoms with E-state index in [1.54, 1.807) is 0 Å². The van der Waals surface area contributed by atoms with Crippen LogP contribution in [0.1, 0.15) is 16.0 Å². The van der Waals surface area contributed by atoms with E-state index in [2.05, 4.69) is 24.3 Å². The van der Waals surface area contributed by atoms with E-state index in [9.17, 15) is 0 Å². The van der Waals surface area contributed by atoms with Gasteiger partial charge in [-0.2, -0.15) is 0 Å². The number of hydrogen-bond donors (Lipinski definition) is 0. The Bertz CT molecular complexity index is 341. The Morgan fingerprint density at radius 2 is 1.00 bits per heavy atom. The van der Waals surface area contributed by atoms with Crippen LogP contribution in [0.4, 0.5) is 0 Å². The van der Waals surface area contributed by atoms with E-state index in [-0.39, 0.29) is 4.89 Å². The molecule has 14 heavy (non-hydrogen) atoms. The van der Waals surface area contributed by atoms with Crippen molar-refractivity contribution in [3.8, 4) is 0 Å². The van der Waals surface area contributed by atoms with Gasteiger partial charge < -0.3 is 0 Å². The summed E-state index contributed by atoms with van der Waals surface area (Å²) in [5, 5.41) is 0. The van der Waals surface area contributed by atoms with Gasteiger partial charge in [0, 0.05) is 0 Å². The van der Waals surface area contributed by atoms with Gasteiger partial charge in [0.1, 0.15) is 0 Å². The quantitative estimate of drug-likeness (QED) is 0.689. The molecule has 0 saturated carbocycles. The summed E-state index contributed by atoms with van der Waals surface area (Å²) in [7, 11) is 0. The van der Waals surface area contributed by atoms with Crippen molar-refractivity contribution in [3.05, 3.63) is 71.8 Å². The van der Waals surface area contributed by atoms with E-state index in [0.29, 0.717) is 0 Å². The third-order valence-electron chi connectivity index (χ3n) is 2.14. The van der Waals surface area contributed by atoms with Crippen LogP contribution in [0.5, 0.6) is 0 Å². The van der Waals surface area contributed by atoms with E-state index in [1.165, 1.54) is 11.1 Å². The maximum atomic E-state index is 5.15. The molecule has 1 heteroatoms. The van der Waals surface area contributed by atoms with E-state index >= 15 is 0 Å². The normalized spacial score (nSPS) is 10.5. The molecule has 0 heterocycles. The van der Waals surface area contributed by atoms with Gasteiger partial charge in [-0.05, 0) is 0 Å². The fourth-order valence-electron chi connectivity index (χ4n) is 1.41. The summed E-state index contributed by atoms with van der Waals surface area (Å²) < 4.78 is 0. The fraction of sp³-hybridized carbons (Fsp3) is 0.0769. The molecular formula is C13H11Ni. The third kappa shape index (κ3) is 2.05. The Hall–Kier alpha value is -1.07. The van der Waals surface area contributed by atoms with Crippen molar-refractivity contribution >= 4 is 0 Å². The average Bonchev–Trinajstić information content (AvgIpc) is 2.30. The molecule has 0 fully saturated rings. The molecule has 0 saturated heterocycles. The van der Waals surface area contributed by atoms with Crippen LogP contribution < -0.4 is 0 Å². The molecule has 0 atom stereocenters. The molecule has 0 aromatic heterocycles. The van der Waals surface area contributed by atoms with Crippen LogP contribution in [0.25, 0.3) is 0 Å². The van der Waals surface area contributed by atoms with Gasteiger partial charge in [0.25, 0.3) is 0 Å². The summed E-state index contributed by atoms with van der Waals surface area (Å²) in [4.78, 5) is 0.109. The van der Waals surface area contributed by atoms with Gasteiger partial charge in [-0.25, -0.2) is 0 Å². The van der Waals surface area contributed by atoms with Gasteiger partial charge in [-0.1, -0.05) is 0 Å². The zero-order valence-electron chi connectivity index (χ0n) is 7.67. The standard InChI is InChI=1S/C13H11.Ni/c1-3-7-12(8-4-1)11-13-9-5-2-6-10-13;/h1-11H;. The molecule has 0 spiro atoms. The van der Waals surface area contributed by atoms with Gasteiger partial charge in [0.15, 0.2) is 0 Å². The Balaban J connectivity index is 2.30. The van der Waals surface area contributed by atoms with Crippen molar-refractivity contribution in [2.24, 2.45) is 0 Å². The van der Waals surface area contributed by atoms with Crippen LogP contribution in [0, 0.1) is 0 Å². The number of hydrogen-bond acceptors (Lipinski definition) is 0. The van der Waals surface area contributed by atoms with Crippen molar-refractivity contribution in [2.75, 3.05) is 0 Å². The van der Waals surface area contributed by atoms with Crippen LogP contribution in [0.2, 0.25) is 0 Å². The first-order valence-corrected chi connectivity index (χ1v) is 5.15. The Morgan fingerprint density at radius 1 is 0.643 bits per heavy atom. The van der Waals surface area contributed by atoms with Gasteiger partial charge in [-0.3, -0.25) is 0 Å². The Labute approximate surface area is 92.3 Å². The third-order valence-corrected chi connectivity index (χ3v) is 2.80. The van der Waals surface area contributed by atoms with Crippen molar-refractivity contribution in [1.82, 2.24) is 0 Å². The van der Waals surface area contributed by atoms with Gasteiger partial charge in [-0.15, -0.1) is 0 Å². The summed E-state index contributed by atoms with van der Waals surface area (Å²) in [5.74, 6) is 0. The molecule has 0 bridgehead atoms. The minimum atomic E-state index is 0.109. The van der Waals surface area contributed by atoms with Crippen molar-refractivity contribution in [2.45, 2.75) is 4.89 Å². The van der Waals surface area contributed by atoms with Gasteiger partial charge in [0.2, 0.25) is 0 Å². The molecule has 0 N–H and O–H groups in total. The first-order valence-electron chi connectivity index (χ1n) is 4.58. The number of benzene rings is 2. The van der Waals surface area contributed by atoms with Crippen molar-refractivity contribution < 1.29 is 15.5 Å². The molecule has 0 radical (unpaired) electrons. The molecular weight excluding hydrogens is 215 g/mol. The fourth-order valence-corrected chi connectivity index (χ4v) is 1.79. The molecule has 2 rings (SSSR count). The van der Waals surface area contributed by atoms with E-state index in [4.69, 9.17) is 15.5 Å². The first kappa shape index (κ1) is 9.49. The Morgan fingerprint density at radius 3 is 1.36 bits per heavy atom. The van der Waals surface area contributed by atoms with Crippen LogP contribution in [-0.2, 0) is 15.5 Å². The van der Waals surface area contributed by atoms with Crippen molar-refractivity contribution in [1.29, 1.82) is 0 Å². The van der Waals surface area contributed by atoms with E-state index in [1.807, 2.05) is 36.4 Å². The van der Waals surface area contributed by atoms with Crippen LogP contribution in [0.15, 0.2) is 60.7 Å². The molecule has 0 amide bonds. The molecule has 0 nitrogen and oxygen atoms in total. The van der Waals surface area contributed by atoms with Gasteiger partial charge >= 0.3 is 92.1 Å². The average molecular weight is 226 g/mol. The summed E-state index contributed by atoms with van der Waals surface area (Å²) in [5.41, 5.74) is 2.41. The van der Waals surface area contributed by atoms with Crippen LogP contribution in [0.3, 0.4) is 0 Å². The molecule has 2 aromatic carbocycles. The van der Waals surface area contributed by atoms with Crippen molar-refractivity contribution in [3.63, 3.8) is 0 Å². The molecule has 0 aliphatic heterocycles. The maximum absolute atomic E-state index is 5.15. The first-order chi connectivity index (χ1) is 6.88. The zero-order chi connectivity index (χ0) is 9.80. The van der Waals surface area contributed by atoms with E-state index in [0.717, 1.165) is 0 Å². The molecule has 0 unspecified atom stereocenters. The van der Waals surface area contributed by atoms with Crippen LogP contribution >= 0.6 is 0 Å². The van der Waals surface area contributed by atoms with E-state index < -0.39 is 0 Å². The Kier molecular flexibility index (Phi) is 3.01. The second-order valence-corrected chi connectivity index (χ2v) is 3.72. The summed E-state index contributed by atoms with van der Waals surface area (Å²) in [6.45, 7) is 0. The molecule has 73 valence electrons. The zero-order valence-corrected chi connectivity index (χ0v) is 8.65. The molecule has 0 aliphatic rings. The topological polar surface area (TPSA) is 0 Å². The SMILES string of the molecule is [Ni][CH](c1ccccc1)c1ccccc1. The second-order valence-electron chi connectivity index (χ2n) is 3.15. The monoisotopic (exact) mass is 225 g/mol. The summed E-state index contributed by atoms with van der Waals surface area (Å²) >= 11 is 5.15. The predicted molar refractivity (Wildman–Crippen MR) is 54.7 cm³/mol. The summed E-state index contributed by atoms with van der Waals surface area (Å²) in [6.07, 6.45) is 0. The van der Waals surface area contributed by atoms with Gasteiger partial charge in [0.05, 0.1) is 0 Å². The van der Waals surface area contributed by atoms with Crippen LogP contribution in [-0.4, -0.2) is 0 Å². The second kappa shape index (κ2) is 4.44. The summed E-state index contributed by atoms with van der Waals surface area (Å²) in [6, 6.07) is 20.5. The number of rotatable bonds is 2.